The van der Waals surface area contributed by atoms with Gasteiger partial charge >= 0.3 is 0 Å². The molecule has 0 saturated carbocycles. The second kappa shape index (κ2) is 43.3. The number of carbonyl (C=O) groups excluding carboxylic acids is 2. The average molecular weight is 1720 g/mol. The third kappa shape index (κ3) is 21.9. The Morgan fingerprint density at radius 2 is 0.530 bits per heavy atom. The van der Waals surface area contributed by atoms with Crippen LogP contribution in [0.2, 0.25) is 0 Å². The zero-order valence-corrected chi connectivity index (χ0v) is 62.1. The summed E-state index contributed by atoms with van der Waals surface area (Å²) in [5, 5.41) is 342. The molecular weight excluding hydrogens is 1610 g/mol. The molecule has 9 aliphatic heterocycles. The van der Waals surface area contributed by atoms with Crippen molar-refractivity contribution in [3.8, 4) is 0 Å². The normalized spacial score (nSPS) is 48.6. The number of hydrogen-bond acceptors (Lipinski definition) is 51. The summed E-state index contributed by atoms with van der Waals surface area (Å²) in [6.45, 7) is -10.2. The van der Waals surface area contributed by atoms with Gasteiger partial charge in [-0.3, -0.25) is 9.59 Å². The highest BCUT2D eigenvalue weighted by Crippen LogP contribution is 2.40. The first-order chi connectivity index (χ1) is 55.3. The van der Waals surface area contributed by atoms with E-state index >= 15 is 0 Å². The maximum Gasteiger partial charge on any atom is 0.217 e. The van der Waals surface area contributed by atoms with Crippen molar-refractivity contribution < 1.29 is 253 Å². The molecule has 9 heterocycles. The molecule has 53 heteroatoms. The van der Waals surface area contributed by atoms with Crippen LogP contribution in [-0.4, -0.2) is 543 Å². The lowest BCUT2D eigenvalue weighted by atomic mass is 9.94. The second-order valence-electron chi connectivity index (χ2n) is 29.3. The molecule has 0 aromatic rings. The first kappa shape index (κ1) is 97.8. The van der Waals surface area contributed by atoms with Gasteiger partial charge in [-0.25, -0.2) is 0 Å². The zero-order chi connectivity index (χ0) is 86.4. The van der Waals surface area contributed by atoms with E-state index in [1.165, 1.54) is 0 Å². The zero-order valence-electron chi connectivity index (χ0n) is 62.1. The maximum absolute atomic E-state index is 12.9. The maximum atomic E-state index is 12.9. The van der Waals surface area contributed by atoms with Crippen LogP contribution in [0.15, 0.2) is 0 Å². The number of aliphatic hydroxyl groups excluding tert-OH is 31. The number of carbonyl (C=O) groups is 2. The standard InChI is InChI=1S/C64H110N2O51/c1-14(75)65-27-52(114-59-43(93)38(88)30(80)18(5-69)105-59)35(85)21(8-72)104-57(27)101-13-26-37(87)54(116-60-44(94)39(89)31(81)19(6-70)106-60)48(98)64(111-26)113-51-23(10-74)108-58(49(99)55(51)117-61-45(95)40(90)32(82)20(7-71)107-61)102-12-25-34(84)42(92)47(97)63(110-25)115-53-28(66-15(2)76)56(103-22(9-73)36(53)86)100-11-24-33(83)41(91)46(96)62(109-24)112-50(17(78)4-68)29(79)16(77)3-67/h16-64,67-74,77-99H,3-13H2,1-2H3,(H,65,75)(H,66,76)/t16-,17+,18+,19+,20+,21+,22+,23+,24+,25+,26+,27+,28+,29+,30-,31-,32-,33-,34-,35+,36+,37-,38-,39-,40-,41-,42-,43+,44+,45+,46+,47+,48+,49+,50+,51+,52+,53+,54-,55+,56+,57+,58+,59+,60+,61+,62-,63-,64-/m0/s1. The van der Waals surface area contributed by atoms with Crippen LogP contribution in [0.5, 0.6) is 0 Å². The summed E-state index contributed by atoms with van der Waals surface area (Å²) in [6, 6.07) is -3.65. The average Bonchev–Trinajstić information content (AvgIpc) is 0.767. The quantitative estimate of drug-likeness (QED) is 0.0284. The number of hydrogen-bond donors (Lipinski definition) is 33. The van der Waals surface area contributed by atoms with Gasteiger partial charge in [-0.05, 0) is 0 Å². The Labute approximate surface area is 661 Å². The minimum absolute atomic E-state index is 0.912. The van der Waals surface area contributed by atoms with Crippen molar-refractivity contribution in [1.82, 2.24) is 10.6 Å². The number of rotatable bonds is 34. The molecule has 53 nitrogen and oxygen atoms in total. The molecule has 9 rings (SSSR count). The van der Waals surface area contributed by atoms with Crippen molar-refractivity contribution in [2.24, 2.45) is 0 Å². The summed E-state index contributed by atoms with van der Waals surface area (Å²) in [5.41, 5.74) is 0. The Balaban J connectivity index is 0.978. The van der Waals surface area contributed by atoms with Crippen LogP contribution in [0.1, 0.15) is 13.8 Å². The SMILES string of the molecule is CC(=O)N[C@H]1[C@H](OC[C@H]2O[C@@H](O[C@@H]([C@H](O)[C@@H](O)CO)[C@H](O)CO)[C@H](O)[C@@H](O)[C@H]2O)O[C@H](CO)[C@@H](O)[C@@H]1O[C@@H]1O[C@H](CO[C@@H]2O[C@H](CO)[C@@H](O[C@@H]3O[C@H](CO[C@@H]4O[C@H](CO)[C@@H](O)[C@H](O[C@H]5O[C@H](CO)[C@H](O)[C@H](O)[C@H]5O)[C@H]4NC(C)=O)[C@H](O)[C@H](O[C@H]4O[C@H](CO)[C@H](O)[C@H](O)[C@H]4O)[C@H]3O)[C@H](O[C@H]3O[C@H](CO)[C@H](O)[C@H](O)[C@H]3O)[C@H]2O)[C@H](O)[C@H](O)[C@H]1O. The van der Waals surface area contributed by atoms with Gasteiger partial charge in [-0.2, -0.15) is 0 Å². The van der Waals surface area contributed by atoms with Gasteiger partial charge in [-0.15, -0.1) is 0 Å². The lowest BCUT2D eigenvalue weighted by Crippen LogP contribution is -2.69. The van der Waals surface area contributed by atoms with Crippen LogP contribution >= 0.6 is 0 Å². The topological polar surface area (TPSA) is 851 Å². The summed E-state index contributed by atoms with van der Waals surface area (Å²) in [4.78, 5) is 25.8. The number of aliphatic hydroxyl groups is 31. The Hall–Kier alpha value is -3.02. The summed E-state index contributed by atoms with van der Waals surface area (Å²) in [5.74, 6) is -1.85. The Morgan fingerprint density at radius 1 is 0.274 bits per heavy atom. The summed E-state index contributed by atoms with van der Waals surface area (Å²) < 4.78 is 105. The Morgan fingerprint density at radius 3 is 0.889 bits per heavy atom. The number of nitrogens with one attached hydrogen (secondary N) is 2. The molecule has 682 valence electrons. The van der Waals surface area contributed by atoms with Crippen LogP contribution in [0.25, 0.3) is 0 Å². The highest BCUT2D eigenvalue weighted by Gasteiger charge is 2.60. The molecule has 117 heavy (non-hydrogen) atoms. The molecule has 0 spiro atoms. The fourth-order valence-corrected chi connectivity index (χ4v) is 14.5. The van der Waals surface area contributed by atoms with Crippen LogP contribution in [0, 0.1) is 0 Å². The molecule has 2 amide bonds. The lowest BCUT2D eigenvalue weighted by Gasteiger charge is -2.50. The fraction of sp³-hybridized carbons (Fsp3) is 0.969. The van der Waals surface area contributed by atoms with Crippen LogP contribution in [-0.2, 0) is 94.9 Å². The van der Waals surface area contributed by atoms with Gasteiger partial charge in [0.25, 0.3) is 0 Å². The van der Waals surface area contributed by atoms with E-state index in [2.05, 4.69) is 10.6 Å². The van der Waals surface area contributed by atoms with E-state index in [9.17, 15) is 168 Å². The minimum Gasteiger partial charge on any atom is -0.394 e. The third-order valence-corrected chi connectivity index (χ3v) is 21.3. The van der Waals surface area contributed by atoms with E-state index in [1.807, 2.05) is 0 Å². The smallest absolute Gasteiger partial charge is 0.217 e. The molecule has 0 aromatic heterocycles. The van der Waals surface area contributed by atoms with Gasteiger partial charge in [0.05, 0.1) is 72.7 Å². The van der Waals surface area contributed by atoms with Crippen molar-refractivity contribution in [2.45, 2.75) is 314 Å². The first-order valence-corrected chi connectivity index (χ1v) is 37.1. The van der Waals surface area contributed by atoms with Crippen molar-refractivity contribution in [3.63, 3.8) is 0 Å². The van der Waals surface area contributed by atoms with Crippen LogP contribution in [0.3, 0.4) is 0 Å². The van der Waals surface area contributed by atoms with Gasteiger partial charge < -0.3 is 254 Å². The van der Waals surface area contributed by atoms with Crippen LogP contribution in [0.4, 0.5) is 0 Å². The predicted molar refractivity (Wildman–Crippen MR) is 355 cm³/mol. The van der Waals surface area contributed by atoms with Crippen molar-refractivity contribution in [1.29, 1.82) is 0 Å². The summed E-state index contributed by atoms with van der Waals surface area (Å²) in [6.07, 6.45) is -99.9. The van der Waals surface area contributed by atoms with E-state index in [0.29, 0.717) is 0 Å². The molecule has 33 N–H and O–H groups in total. The minimum atomic E-state index is -2.52. The third-order valence-electron chi connectivity index (χ3n) is 21.3. The van der Waals surface area contributed by atoms with E-state index in [1.54, 1.807) is 0 Å². The van der Waals surface area contributed by atoms with E-state index < -0.39 is 385 Å². The first-order valence-electron chi connectivity index (χ1n) is 37.1. The van der Waals surface area contributed by atoms with E-state index in [4.69, 9.17) is 85.3 Å². The van der Waals surface area contributed by atoms with Crippen molar-refractivity contribution in [2.75, 3.05) is 72.7 Å². The van der Waals surface area contributed by atoms with Gasteiger partial charge in [0.15, 0.2) is 56.6 Å². The molecule has 0 radical (unpaired) electrons. The molecule has 0 aliphatic carbocycles. The predicted octanol–water partition coefficient (Wildman–Crippen LogP) is -22.9. The van der Waals surface area contributed by atoms with Gasteiger partial charge in [0.1, 0.15) is 244 Å². The largest absolute Gasteiger partial charge is 0.394 e. The van der Waals surface area contributed by atoms with E-state index in [-0.39, 0.29) is 0 Å². The van der Waals surface area contributed by atoms with Gasteiger partial charge in [0, 0.05) is 13.8 Å². The molecule has 0 bridgehead atoms. The molecule has 9 aliphatic rings. The number of amides is 2. The van der Waals surface area contributed by atoms with Crippen LogP contribution < -0.4 is 10.6 Å². The summed E-state index contributed by atoms with van der Waals surface area (Å²) in [7, 11) is 0. The molecule has 0 aromatic carbocycles. The second-order valence-corrected chi connectivity index (χ2v) is 29.3. The number of ether oxygens (including phenoxy) is 18. The monoisotopic (exact) mass is 1720 g/mol. The lowest BCUT2D eigenvalue weighted by molar-refractivity contribution is -0.400. The Bertz CT molecular complexity index is 2990. The molecule has 9 saturated heterocycles. The van der Waals surface area contributed by atoms with Crippen molar-refractivity contribution in [3.05, 3.63) is 0 Å². The molecular formula is C64H110N2O51. The van der Waals surface area contributed by atoms with Crippen molar-refractivity contribution >= 4 is 11.8 Å². The highest BCUT2D eigenvalue weighted by atomic mass is 16.8. The van der Waals surface area contributed by atoms with Gasteiger partial charge in [-0.1, -0.05) is 0 Å². The summed E-state index contributed by atoms with van der Waals surface area (Å²) >= 11 is 0. The Kier molecular flexibility index (Phi) is 36.1. The van der Waals surface area contributed by atoms with E-state index in [0.717, 1.165) is 13.8 Å². The van der Waals surface area contributed by atoms with Gasteiger partial charge in [0.2, 0.25) is 11.8 Å². The highest BCUT2D eigenvalue weighted by molar-refractivity contribution is 5.73. The molecule has 9 fully saturated rings. The molecule has 49 atom stereocenters. The fourth-order valence-electron chi connectivity index (χ4n) is 14.5. The molecule has 0 unspecified atom stereocenters.